The van der Waals surface area contributed by atoms with Crippen LogP contribution in [0.2, 0.25) is 0 Å². The van der Waals surface area contributed by atoms with Crippen molar-refractivity contribution in [3.8, 4) is 0 Å². The maximum Gasteiger partial charge on any atom is 0.310 e. The van der Waals surface area contributed by atoms with E-state index in [2.05, 4.69) is 21.2 Å². The van der Waals surface area contributed by atoms with E-state index in [9.17, 15) is 14.7 Å². The third kappa shape index (κ3) is 3.82. The van der Waals surface area contributed by atoms with Gasteiger partial charge in [-0.05, 0) is 37.5 Å². The van der Waals surface area contributed by atoms with Crippen molar-refractivity contribution in [2.75, 3.05) is 5.32 Å². The van der Waals surface area contributed by atoms with Crippen molar-refractivity contribution >= 4 is 33.5 Å². The van der Waals surface area contributed by atoms with Crippen molar-refractivity contribution in [3.63, 3.8) is 0 Å². The molecule has 0 spiro atoms. The van der Waals surface area contributed by atoms with Crippen LogP contribution in [-0.2, 0) is 9.59 Å². The number of amides is 1. The number of hydrogen-bond donors (Lipinski definition) is 2. The van der Waals surface area contributed by atoms with Gasteiger partial charge in [-0.25, -0.2) is 0 Å². The number of anilines is 1. The molecule has 1 aromatic rings. The summed E-state index contributed by atoms with van der Waals surface area (Å²) in [5, 5.41) is 12.1. The zero-order valence-corrected chi connectivity index (χ0v) is 13.7. The first-order valence-electron chi connectivity index (χ1n) is 6.46. The van der Waals surface area contributed by atoms with E-state index in [0.717, 1.165) is 10.0 Å². The van der Waals surface area contributed by atoms with Gasteiger partial charge in [0.05, 0.1) is 5.41 Å². The lowest BCUT2D eigenvalue weighted by Gasteiger charge is -2.28. The minimum atomic E-state index is -1.06. The van der Waals surface area contributed by atoms with Crippen LogP contribution < -0.4 is 5.32 Å². The number of aryl methyl sites for hydroxylation is 1. The minimum absolute atomic E-state index is 0.0501. The van der Waals surface area contributed by atoms with Crippen LogP contribution in [0.5, 0.6) is 0 Å². The zero-order valence-electron chi connectivity index (χ0n) is 12.2. The molecule has 20 heavy (non-hydrogen) atoms. The van der Waals surface area contributed by atoms with Gasteiger partial charge >= 0.3 is 5.97 Å². The molecular weight excluding hydrogens is 322 g/mol. The smallest absolute Gasteiger partial charge is 0.310 e. The molecule has 110 valence electrons. The maximum absolute atomic E-state index is 12.0. The van der Waals surface area contributed by atoms with E-state index in [1.165, 1.54) is 0 Å². The molecule has 0 saturated heterocycles. The monoisotopic (exact) mass is 341 g/mol. The number of halogens is 1. The van der Waals surface area contributed by atoms with Crippen LogP contribution in [0.15, 0.2) is 22.7 Å². The fourth-order valence-electron chi connectivity index (χ4n) is 1.74. The summed E-state index contributed by atoms with van der Waals surface area (Å²) in [4.78, 5) is 23.4. The van der Waals surface area contributed by atoms with Crippen molar-refractivity contribution < 1.29 is 14.7 Å². The number of benzene rings is 1. The van der Waals surface area contributed by atoms with E-state index in [4.69, 9.17) is 0 Å². The van der Waals surface area contributed by atoms with Crippen LogP contribution in [-0.4, -0.2) is 17.0 Å². The molecular formula is C15H20BrNO3. The van der Waals surface area contributed by atoms with E-state index >= 15 is 0 Å². The van der Waals surface area contributed by atoms with Crippen LogP contribution in [0, 0.1) is 18.3 Å². The van der Waals surface area contributed by atoms with Crippen LogP contribution in [0.4, 0.5) is 5.69 Å². The number of carboxylic acid groups (broad SMARTS) is 1. The predicted molar refractivity (Wildman–Crippen MR) is 82.7 cm³/mol. The average Bonchev–Trinajstić information content (AvgIpc) is 2.33. The number of aliphatic carboxylic acids is 1. The van der Waals surface area contributed by atoms with Gasteiger partial charge in [0.2, 0.25) is 5.91 Å². The summed E-state index contributed by atoms with van der Waals surface area (Å²) < 4.78 is 0.903. The molecule has 0 aromatic heterocycles. The topological polar surface area (TPSA) is 66.4 Å². The summed E-state index contributed by atoms with van der Waals surface area (Å²) >= 11 is 3.40. The highest BCUT2D eigenvalue weighted by Gasteiger charge is 2.38. The number of carbonyl (C=O) groups is 2. The molecule has 1 rings (SSSR count). The van der Waals surface area contributed by atoms with Gasteiger partial charge in [-0.1, -0.05) is 35.8 Å². The van der Waals surface area contributed by atoms with Crippen molar-refractivity contribution in [1.82, 2.24) is 0 Å². The lowest BCUT2D eigenvalue weighted by molar-refractivity contribution is -0.153. The Kier molecular flexibility index (Phi) is 5.34. The van der Waals surface area contributed by atoms with Crippen LogP contribution >= 0.6 is 15.9 Å². The number of hydrogen-bond acceptors (Lipinski definition) is 2. The quantitative estimate of drug-likeness (QED) is 0.855. The first kappa shape index (κ1) is 16.7. The number of nitrogens with one attached hydrogen (secondary N) is 1. The van der Waals surface area contributed by atoms with E-state index in [1.807, 2.05) is 26.8 Å². The van der Waals surface area contributed by atoms with Crippen LogP contribution in [0.1, 0.15) is 32.8 Å². The van der Waals surface area contributed by atoms with E-state index in [-0.39, 0.29) is 18.2 Å². The van der Waals surface area contributed by atoms with E-state index < -0.39 is 11.4 Å². The summed E-state index contributed by atoms with van der Waals surface area (Å²) in [6.45, 7) is 7.17. The number of carbonyl (C=O) groups excluding carboxylic acids is 1. The molecule has 0 aliphatic rings. The molecule has 0 bridgehead atoms. The summed E-state index contributed by atoms with van der Waals surface area (Å²) in [6.07, 6.45) is -0.0501. The number of rotatable bonds is 5. The Hall–Kier alpha value is -1.36. The van der Waals surface area contributed by atoms with Gasteiger partial charge < -0.3 is 10.4 Å². The predicted octanol–water partition coefficient (Wildman–Crippen LogP) is 3.83. The fraction of sp³-hybridized carbons (Fsp3) is 0.467. The van der Waals surface area contributed by atoms with Gasteiger partial charge in [0, 0.05) is 16.6 Å². The Morgan fingerprint density at radius 3 is 2.45 bits per heavy atom. The summed E-state index contributed by atoms with van der Waals surface area (Å²) in [6, 6.07) is 5.49. The average molecular weight is 342 g/mol. The Labute approximate surface area is 127 Å². The molecule has 0 saturated carbocycles. The largest absolute Gasteiger partial charge is 0.481 e. The number of carboxylic acids is 1. The zero-order chi connectivity index (χ0) is 15.5. The Morgan fingerprint density at radius 2 is 2.00 bits per heavy atom. The highest BCUT2D eigenvalue weighted by molar-refractivity contribution is 9.10. The molecule has 5 heteroatoms. The van der Waals surface area contributed by atoms with Gasteiger partial charge in [0.15, 0.2) is 0 Å². The standard InChI is InChI=1S/C15H20BrNO3/c1-9(2)15(4,14(19)20)8-13(18)17-11-6-5-10(3)12(16)7-11/h5-7,9H,8H2,1-4H3,(H,17,18)(H,19,20). The third-order valence-electron chi connectivity index (χ3n) is 3.75. The summed E-state index contributed by atoms with van der Waals surface area (Å²) in [7, 11) is 0. The van der Waals surface area contributed by atoms with Crippen molar-refractivity contribution in [3.05, 3.63) is 28.2 Å². The molecule has 0 aliphatic heterocycles. The third-order valence-corrected chi connectivity index (χ3v) is 4.60. The molecule has 1 unspecified atom stereocenters. The Morgan fingerprint density at radius 1 is 1.40 bits per heavy atom. The highest BCUT2D eigenvalue weighted by Crippen LogP contribution is 2.32. The normalized spacial score (nSPS) is 13.9. The highest BCUT2D eigenvalue weighted by atomic mass is 79.9. The van der Waals surface area contributed by atoms with E-state index in [1.54, 1.807) is 19.1 Å². The summed E-state index contributed by atoms with van der Waals surface area (Å²) in [5.74, 6) is -1.37. The molecule has 0 radical (unpaired) electrons. The molecule has 0 heterocycles. The second-order valence-corrected chi connectivity index (χ2v) is 6.42. The fourth-order valence-corrected chi connectivity index (χ4v) is 2.11. The van der Waals surface area contributed by atoms with Crippen LogP contribution in [0.3, 0.4) is 0 Å². The Balaban J connectivity index is 2.81. The van der Waals surface area contributed by atoms with Gasteiger partial charge in [0.1, 0.15) is 0 Å². The first-order chi connectivity index (χ1) is 9.16. The molecule has 1 atom stereocenters. The molecule has 0 fully saturated rings. The second kappa shape index (κ2) is 6.39. The van der Waals surface area contributed by atoms with Gasteiger partial charge in [-0.15, -0.1) is 0 Å². The second-order valence-electron chi connectivity index (χ2n) is 5.57. The van der Waals surface area contributed by atoms with Crippen molar-refractivity contribution in [2.24, 2.45) is 11.3 Å². The molecule has 1 aromatic carbocycles. The minimum Gasteiger partial charge on any atom is -0.481 e. The van der Waals surface area contributed by atoms with Gasteiger partial charge in [0.25, 0.3) is 0 Å². The first-order valence-corrected chi connectivity index (χ1v) is 7.25. The van der Waals surface area contributed by atoms with Gasteiger partial charge in [-0.3, -0.25) is 9.59 Å². The lowest BCUT2D eigenvalue weighted by Crippen LogP contribution is -2.37. The van der Waals surface area contributed by atoms with Crippen molar-refractivity contribution in [1.29, 1.82) is 0 Å². The lowest BCUT2D eigenvalue weighted by atomic mass is 9.76. The van der Waals surface area contributed by atoms with Crippen LogP contribution in [0.25, 0.3) is 0 Å². The van der Waals surface area contributed by atoms with Gasteiger partial charge in [-0.2, -0.15) is 0 Å². The summed E-state index contributed by atoms with van der Waals surface area (Å²) in [5.41, 5.74) is 0.663. The molecule has 2 N–H and O–H groups in total. The molecule has 4 nitrogen and oxygen atoms in total. The van der Waals surface area contributed by atoms with E-state index in [0.29, 0.717) is 5.69 Å². The molecule has 0 aliphatic carbocycles. The SMILES string of the molecule is Cc1ccc(NC(=O)CC(C)(C(=O)O)C(C)C)cc1Br. The maximum atomic E-state index is 12.0. The molecule has 1 amide bonds. The Bertz CT molecular complexity index is 528. The van der Waals surface area contributed by atoms with Crippen molar-refractivity contribution in [2.45, 2.75) is 34.1 Å².